The number of hydrogen-bond acceptors (Lipinski definition) is 4. The van der Waals surface area contributed by atoms with E-state index in [2.05, 4.69) is 17.0 Å². The number of sulfonamides is 1. The van der Waals surface area contributed by atoms with E-state index in [1.807, 2.05) is 18.2 Å². The molecule has 1 amide bonds. The van der Waals surface area contributed by atoms with E-state index in [1.165, 1.54) is 0 Å². The average Bonchev–Trinajstić information content (AvgIpc) is 3.56. The van der Waals surface area contributed by atoms with Gasteiger partial charge in [-0.25, -0.2) is 13.2 Å². The summed E-state index contributed by atoms with van der Waals surface area (Å²) in [5.41, 5.74) is 1.68. The Balaban J connectivity index is 0.000000509. The van der Waals surface area contributed by atoms with Crippen LogP contribution >= 0.6 is 0 Å². The van der Waals surface area contributed by atoms with Crippen molar-refractivity contribution in [1.29, 1.82) is 0 Å². The number of benzene rings is 2. The number of carbonyl (C=O) groups is 2. The number of halogens is 3. The van der Waals surface area contributed by atoms with Crippen LogP contribution in [0, 0.1) is 6.92 Å². The minimum absolute atomic E-state index is 0.0733. The van der Waals surface area contributed by atoms with Crippen LogP contribution in [0.1, 0.15) is 43.7 Å². The largest absolute Gasteiger partial charge is 0.490 e. The second kappa shape index (κ2) is 10.9. The van der Waals surface area contributed by atoms with Gasteiger partial charge >= 0.3 is 12.1 Å². The summed E-state index contributed by atoms with van der Waals surface area (Å²) in [5.74, 6) is -2.68. The summed E-state index contributed by atoms with van der Waals surface area (Å²) in [4.78, 5) is 21.7. The fourth-order valence-electron chi connectivity index (χ4n) is 3.25. The number of amides is 1. The molecule has 1 saturated carbocycles. The maximum atomic E-state index is 12.6. The van der Waals surface area contributed by atoms with Crippen LogP contribution in [0.5, 0.6) is 0 Å². The molecule has 11 heteroatoms. The fraction of sp³-hybridized carbons (Fsp3) is 0.391. The van der Waals surface area contributed by atoms with Gasteiger partial charge in [-0.15, -0.1) is 0 Å². The van der Waals surface area contributed by atoms with Gasteiger partial charge in [0.2, 0.25) is 5.91 Å². The number of carboxylic acids is 1. The molecule has 3 rings (SSSR count). The Kier molecular flexibility index (Phi) is 8.71. The van der Waals surface area contributed by atoms with Crippen molar-refractivity contribution in [2.75, 3.05) is 11.3 Å². The van der Waals surface area contributed by atoms with Gasteiger partial charge in [0.15, 0.2) is 0 Å². The summed E-state index contributed by atoms with van der Waals surface area (Å²) in [6.45, 7) is 4.56. The number of anilines is 1. The van der Waals surface area contributed by atoms with Crippen molar-refractivity contribution in [2.24, 2.45) is 0 Å². The van der Waals surface area contributed by atoms with E-state index in [0.29, 0.717) is 17.8 Å². The van der Waals surface area contributed by atoms with Crippen molar-refractivity contribution in [1.82, 2.24) is 5.32 Å². The van der Waals surface area contributed by atoms with Gasteiger partial charge in [0.25, 0.3) is 10.0 Å². The third kappa shape index (κ3) is 6.96. The number of carboxylic acid groups (broad SMARTS) is 1. The average molecular weight is 501 g/mol. The molecular weight excluding hydrogens is 473 g/mol. The van der Waals surface area contributed by atoms with E-state index in [1.54, 1.807) is 37.3 Å². The Morgan fingerprint density at radius 3 is 2.09 bits per heavy atom. The first-order chi connectivity index (χ1) is 15.8. The van der Waals surface area contributed by atoms with Crippen molar-refractivity contribution < 1.29 is 36.3 Å². The number of rotatable bonds is 8. The van der Waals surface area contributed by atoms with Crippen LogP contribution in [0.3, 0.4) is 0 Å². The van der Waals surface area contributed by atoms with Crippen molar-refractivity contribution in [2.45, 2.75) is 56.0 Å². The molecule has 1 aliphatic carbocycles. The smallest absolute Gasteiger partial charge is 0.475 e. The highest BCUT2D eigenvalue weighted by Gasteiger charge is 2.51. The topological polar surface area (TPSA) is 113 Å². The van der Waals surface area contributed by atoms with Gasteiger partial charge in [0.05, 0.1) is 10.3 Å². The van der Waals surface area contributed by atoms with Crippen LogP contribution in [0.2, 0.25) is 0 Å². The van der Waals surface area contributed by atoms with Crippen molar-refractivity contribution in [3.63, 3.8) is 0 Å². The number of carbonyl (C=O) groups excluding carboxylic acids is 1. The molecule has 0 heterocycles. The second-order valence-electron chi connectivity index (χ2n) is 7.94. The minimum Gasteiger partial charge on any atom is -0.475 e. The third-order valence-electron chi connectivity index (χ3n) is 5.32. The second-order valence-corrected chi connectivity index (χ2v) is 9.59. The molecule has 2 aromatic rings. The summed E-state index contributed by atoms with van der Waals surface area (Å²) >= 11 is 0. The van der Waals surface area contributed by atoms with E-state index in [9.17, 15) is 26.4 Å². The van der Waals surface area contributed by atoms with Gasteiger partial charge in [0, 0.05) is 12.2 Å². The molecule has 34 heavy (non-hydrogen) atoms. The summed E-state index contributed by atoms with van der Waals surface area (Å²) in [6, 6.07) is 14.0. The fourth-order valence-corrected chi connectivity index (χ4v) is 4.55. The number of aryl methyl sites for hydroxylation is 1. The quantitative estimate of drug-likeness (QED) is 0.466. The zero-order valence-corrected chi connectivity index (χ0v) is 19.6. The van der Waals surface area contributed by atoms with Gasteiger partial charge in [-0.05, 0) is 55.5 Å². The molecular formula is C23H27F3N2O5S. The number of hydrogen-bond donors (Lipinski definition) is 3. The lowest BCUT2D eigenvalue weighted by Crippen LogP contribution is -2.35. The molecule has 0 aliphatic heterocycles. The Hall–Kier alpha value is -3.08. The van der Waals surface area contributed by atoms with Crippen LogP contribution in [0.25, 0.3) is 0 Å². The normalized spacial score (nSPS) is 14.4. The van der Waals surface area contributed by atoms with Crippen LogP contribution in [-0.2, 0) is 25.0 Å². The predicted octanol–water partition coefficient (Wildman–Crippen LogP) is 4.38. The van der Waals surface area contributed by atoms with Crippen LogP contribution in [0.15, 0.2) is 53.4 Å². The maximum Gasteiger partial charge on any atom is 0.490 e. The van der Waals surface area contributed by atoms with Crippen LogP contribution < -0.4 is 10.0 Å². The van der Waals surface area contributed by atoms with Crippen molar-refractivity contribution in [3.8, 4) is 0 Å². The van der Waals surface area contributed by atoms with Crippen LogP contribution in [0.4, 0.5) is 18.9 Å². The molecule has 0 atom stereocenters. The predicted molar refractivity (Wildman–Crippen MR) is 121 cm³/mol. The highest BCUT2D eigenvalue weighted by Crippen LogP contribution is 2.48. The number of alkyl halides is 3. The molecule has 1 aliphatic rings. The summed E-state index contributed by atoms with van der Waals surface area (Å²) in [5, 5.41) is 10.1. The number of unbranched alkanes of at least 4 members (excludes halogenated alkanes) is 1. The van der Waals surface area contributed by atoms with E-state index in [4.69, 9.17) is 9.90 Å². The third-order valence-corrected chi connectivity index (χ3v) is 6.86. The first kappa shape index (κ1) is 27.2. The minimum atomic E-state index is -5.08. The molecule has 7 nitrogen and oxygen atoms in total. The number of aliphatic carboxylic acids is 1. The first-order valence-electron chi connectivity index (χ1n) is 10.6. The lowest BCUT2D eigenvalue weighted by atomic mass is 9.94. The Labute approximate surface area is 196 Å². The zero-order valence-electron chi connectivity index (χ0n) is 18.8. The lowest BCUT2D eigenvalue weighted by molar-refractivity contribution is -0.192. The molecule has 186 valence electrons. The maximum absolute atomic E-state index is 12.6. The monoisotopic (exact) mass is 500 g/mol. The van der Waals surface area contributed by atoms with Crippen molar-refractivity contribution >= 4 is 27.6 Å². The Bertz CT molecular complexity index is 1110. The Morgan fingerprint density at radius 2 is 1.62 bits per heavy atom. The van der Waals surface area contributed by atoms with Gasteiger partial charge in [-0.3, -0.25) is 9.52 Å². The van der Waals surface area contributed by atoms with E-state index in [-0.39, 0.29) is 10.8 Å². The summed E-state index contributed by atoms with van der Waals surface area (Å²) in [6.07, 6.45) is -1.40. The number of nitrogens with one attached hydrogen (secondary N) is 2. The standard InChI is InChI=1S/C21H26N2O3S.C2HF3O2/c1-3-4-15-22-20(24)21(13-14-21)17-9-11-18(12-10-17)23-27(25,26)19-8-6-5-7-16(19)2;3-2(4,5)1(6)7/h5-12,23H,3-4,13-15H2,1-2H3,(H,22,24);(H,6,7). The summed E-state index contributed by atoms with van der Waals surface area (Å²) < 4.78 is 59.5. The SMILES string of the molecule is CCCCNC(=O)C1(c2ccc(NS(=O)(=O)c3ccccc3C)cc2)CC1.O=C(O)C(F)(F)F. The highest BCUT2D eigenvalue weighted by atomic mass is 32.2. The summed E-state index contributed by atoms with van der Waals surface area (Å²) in [7, 11) is -3.64. The van der Waals surface area contributed by atoms with Crippen molar-refractivity contribution in [3.05, 3.63) is 59.7 Å². The lowest BCUT2D eigenvalue weighted by Gasteiger charge is -2.16. The molecule has 3 N–H and O–H groups in total. The van der Waals surface area contributed by atoms with Crippen LogP contribution in [-0.4, -0.2) is 38.1 Å². The van der Waals surface area contributed by atoms with E-state index in [0.717, 1.165) is 31.2 Å². The van der Waals surface area contributed by atoms with Gasteiger partial charge < -0.3 is 10.4 Å². The highest BCUT2D eigenvalue weighted by molar-refractivity contribution is 7.92. The first-order valence-corrected chi connectivity index (χ1v) is 12.1. The molecule has 0 unspecified atom stereocenters. The molecule has 0 radical (unpaired) electrons. The molecule has 1 fully saturated rings. The van der Waals surface area contributed by atoms with Gasteiger partial charge in [0.1, 0.15) is 0 Å². The van der Waals surface area contributed by atoms with E-state index >= 15 is 0 Å². The molecule has 0 aromatic heterocycles. The molecule has 0 spiro atoms. The van der Waals surface area contributed by atoms with Gasteiger partial charge in [-0.1, -0.05) is 43.7 Å². The molecule has 0 saturated heterocycles. The van der Waals surface area contributed by atoms with E-state index < -0.39 is 27.6 Å². The Morgan fingerprint density at radius 1 is 1.06 bits per heavy atom. The molecule has 0 bridgehead atoms. The van der Waals surface area contributed by atoms with Gasteiger partial charge in [-0.2, -0.15) is 13.2 Å². The zero-order chi connectivity index (χ0) is 25.6. The molecule has 2 aromatic carbocycles.